The van der Waals surface area contributed by atoms with Crippen LogP contribution < -0.4 is 15.2 Å². The minimum Gasteiger partial charge on any atom is -0.483 e. The van der Waals surface area contributed by atoms with E-state index in [1.54, 1.807) is 30.1 Å². The highest BCUT2D eigenvalue weighted by Crippen LogP contribution is 2.41. The van der Waals surface area contributed by atoms with Gasteiger partial charge in [-0.2, -0.15) is 0 Å². The highest BCUT2D eigenvalue weighted by molar-refractivity contribution is 5.92. The van der Waals surface area contributed by atoms with E-state index in [2.05, 4.69) is 0 Å². The number of ether oxygens (including phenoxy) is 2. The third kappa shape index (κ3) is 4.39. The Morgan fingerprint density at radius 2 is 1.96 bits per heavy atom. The number of amides is 2. The zero-order chi connectivity index (χ0) is 19.6. The van der Waals surface area contributed by atoms with Crippen molar-refractivity contribution in [2.24, 2.45) is 5.73 Å². The Balaban J connectivity index is 1.61. The molecule has 0 saturated carbocycles. The van der Waals surface area contributed by atoms with Crippen LogP contribution in [0.5, 0.6) is 11.5 Å². The maximum atomic E-state index is 12.4. The largest absolute Gasteiger partial charge is 0.483 e. The van der Waals surface area contributed by atoms with Crippen molar-refractivity contribution in [3.8, 4) is 11.5 Å². The molecule has 0 aromatic heterocycles. The number of carbonyl (C=O) groups excluding carboxylic acids is 2. The maximum absolute atomic E-state index is 12.4. The van der Waals surface area contributed by atoms with Gasteiger partial charge in [0.25, 0.3) is 5.91 Å². The standard InChI is InChI=1S/C21H24N2O4/c1-21(2)11-16-8-5-9-17(19(16)27-21)26-13-18(24)23(3)12-14-6-4-7-15(10-14)20(22)25/h4-10H,11-13H2,1-3H3,(H2,22,25). The zero-order valence-corrected chi connectivity index (χ0v) is 15.8. The van der Waals surface area contributed by atoms with Crippen molar-refractivity contribution in [3.63, 3.8) is 0 Å². The SMILES string of the molecule is CN(Cc1cccc(C(N)=O)c1)C(=O)COc1cccc2c1OC(C)(C)C2. The van der Waals surface area contributed by atoms with Crippen LogP contribution in [0.2, 0.25) is 0 Å². The number of primary amides is 1. The first kappa shape index (κ1) is 18.8. The number of para-hydroxylation sites is 1. The molecule has 0 radical (unpaired) electrons. The van der Waals surface area contributed by atoms with Crippen LogP contribution in [-0.4, -0.2) is 36.0 Å². The van der Waals surface area contributed by atoms with E-state index in [-0.39, 0.29) is 18.1 Å². The summed E-state index contributed by atoms with van der Waals surface area (Å²) in [5, 5.41) is 0. The van der Waals surface area contributed by atoms with E-state index in [4.69, 9.17) is 15.2 Å². The Kier molecular flexibility index (Phi) is 5.08. The quantitative estimate of drug-likeness (QED) is 0.849. The molecule has 0 spiro atoms. The molecule has 0 aliphatic carbocycles. The lowest BCUT2D eigenvalue weighted by atomic mass is 10.0. The highest BCUT2D eigenvalue weighted by Gasteiger charge is 2.32. The number of rotatable bonds is 6. The summed E-state index contributed by atoms with van der Waals surface area (Å²) in [5.74, 6) is 0.632. The average Bonchev–Trinajstić information content (AvgIpc) is 2.94. The van der Waals surface area contributed by atoms with E-state index in [0.717, 1.165) is 17.5 Å². The summed E-state index contributed by atoms with van der Waals surface area (Å²) in [7, 11) is 1.69. The molecule has 0 bridgehead atoms. The Labute approximate surface area is 158 Å². The Morgan fingerprint density at radius 3 is 2.70 bits per heavy atom. The highest BCUT2D eigenvalue weighted by atomic mass is 16.5. The zero-order valence-electron chi connectivity index (χ0n) is 15.8. The summed E-state index contributed by atoms with van der Waals surface area (Å²) in [4.78, 5) is 25.3. The van der Waals surface area contributed by atoms with E-state index in [0.29, 0.717) is 23.6 Å². The molecule has 1 aliphatic heterocycles. The van der Waals surface area contributed by atoms with Gasteiger partial charge in [0, 0.05) is 31.1 Å². The van der Waals surface area contributed by atoms with E-state index in [1.807, 2.05) is 38.1 Å². The van der Waals surface area contributed by atoms with Gasteiger partial charge in [-0.3, -0.25) is 9.59 Å². The van der Waals surface area contributed by atoms with Gasteiger partial charge >= 0.3 is 0 Å². The van der Waals surface area contributed by atoms with Gasteiger partial charge in [-0.15, -0.1) is 0 Å². The molecule has 1 heterocycles. The molecule has 2 N–H and O–H groups in total. The predicted molar refractivity (Wildman–Crippen MR) is 102 cm³/mol. The molecule has 2 aromatic rings. The van der Waals surface area contributed by atoms with Gasteiger partial charge in [0.1, 0.15) is 5.60 Å². The van der Waals surface area contributed by atoms with Crippen LogP contribution in [-0.2, 0) is 17.8 Å². The summed E-state index contributed by atoms with van der Waals surface area (Å²) in [6, 6.07) is 12.7. The first-order valence-corrected chi connectivity index (χ1v) is 8.81. The minimum atomic E-state index is -0.491. The molecule has 0 fully saturated rings. The van der Waals surface area contributed by atoms with Crippen LogP contribution in [0.3, 0.4) is 0 Å². The fourth-order valence-electron chi connectivity index (χ4n) is 3.14. The predicted octanol–water partition coefficient (Wildman–Crippen LogP) is 2.54. The van der Waals surface area contributed by atoms with E-state index in [1.165, 1.54) is 0 Å². The van der Waals surface area contributed by atoms with Crippen LogP contribution >= 0.6 is 0 Å². The van der Waals surface area contributed by atoms with Crippen molar-refractivity contribution >= 4 is 11.8 Å². The van der Waals surface area contributed by atoms with Crippen LogP contribution in [0, 0.1) is 0 Å². The van der Waals surface area contributed by atoms with E-state index in [9.17, 15) is 9.59 Å². The lowest BCUT2D eigenvalue weighted by Crippen LogP contribution is -2.31. The fourth-order valence-corrected chi connectivity index (χ4v) is 3.14. The molecular weight excluding hydrogens is 344 g/mol. The molecule has 6 nitrogen and oxygen atoms in total. The molecule has 3 rings (SSSR count). The van der Waals surface area contributed by atoms with E-state index >= 15 is 0 Å². The summed E-state index contributed by atoms with van der Waals surface area (Å²) < 4.78 is 11.7. The van der Waals surface area contributed by atoms with Gasteiger partial charge in [-0.05, 0) is 37.6 Å². The summed E-state index contributed by atoms with van der Waals surface area (Å²) in [5.41, 5.74) is 7.36. The number of fused-ring (bicyclic) bond motifs is 1. The number of benzene rings is 2. The molecule has 6 heteroatoms. The molecule has 0 atom stereocenters. The van der Waals surface area contributed by atoms with Crippen LogP contribution in [0.1, 0.15) is 35.3 Å². The van der Waals surface area contributed by atoms with Gasteiger partial charge in [-0.25, -0.2) is 0 Å². The molecule has 0 unspecified atom stereocenters. The van der Waals surface area contributed by atoms with Gasteiger partial charge in [-0.1, -0.05) is 24.3 Å². The number of likely N-dealkylation sites (N-methyl/N-ethyl adjacent to an activating group) is 1. The second-order valence-corrected chi connectivity index (χ2v) is 7.39. The first-order chi connectivity index (χ1) is 12.7. The smallest absolute Gasteiger partial charge is 0.260 e. The van der Waals surface area contributed by atoms with Crippen molar-refractivity contribution in [3.05, 3.63) is 59.2 Å². The van der Waals surface area contributed by atoms with Crippen LogP contribution in [0.25, 0.3) is 0 Å². The minimum absolute atomic E-state index is 0.0910. The van der Waals surface area contributed by atoms with E-state index < -0.39 is 5.91 Å². The molecule has 142 valence electrons. The number of carbonyl (C=O) groups is 2. The molecular formula is C21H24N2O4. The summed E-state index contributed by atoms with van der Waals surface area (Å²) >= 11 is 0. The van der Waals surface area contributed by atoms with Crippen molar-refractivity contribution in [2.45, 2.75) is 32.4 Å². The van der Waals surface area contributed by atoms with Crippen molar-refractivity contribution < 1.29 is 19.1 Å². The van der Waals surface area contributed by atoms with Crippen molar-refractivity contribution in [1.82, 2.24) is 4.90 Å². The van der Waals surface area contributed by atoms with Crippen LogP contribution in [0.15, 0.2) is 42.5 Å². The lowest BCUT2D eigenvalue weighted by Gasteiger charge is -2.20. The fraction of sp³-hybridized carbons (Fsp3) is 0.333. The molecule has 27 heavy (non-hydrogen) atoms. The molecule has 0 saturated heterocycles. The van der Waals surface area contributed by atoms with Gasteiger partial charge in [0.05, 0.1) is 0 Å². The van der Waals surface area contributed by atoms with Gasteiger partial charge < -0.3 is 20.1 Å². The van der Waals surface area contributed by atoms with Crippen LogP contribution in [0.4, 0.5) is 0 Å². The Bertz CT molecular complexity index is 876. The average molecular weight is 368 g/mol. The molecule has 2 aromatic carbocycles. The second kappa shape index (κ2) is 7.31. The number of nitrogens with zero attached hydrogens (tertiary/aromatic N) is 1. The van der Waals surface area contributed by atoms with Gasteiger partial charge in [0.15, 0.2) is 18.1 Å². The van der Waals surface area contributed by atoms with Crippen molar-refractivity contribution in [1.29, 1.82) is 0 Å². The summed E-state index contributed by atoms with van der Waals surface area (Å²) in [6.45, 7) is 4.32. The maximum Gasteiger partial charge on any atom is 0.260 e. The first-order valence-electron chi connectivity index (χ1n) is 8.81. The topological polar surface area (TPSA) is 81.9 Å². The third-order valence-corrected chi connectivity index (χ3v) is 4.46. The second-order valence-electron chi connectivity index (χ2n) is 7.39. The monoisotopic (exact) mass is 368 g/mol. The van der Waals surface area contributed by atoms with Crippen molar-refractivity contribution in [2.75, 3.05) is 13.7 Å². The number of nitrogens with two attached hydrogens (primary N) is 1. The molecule has 2 amide bonds. The lowest BCUT2D eigenvalue weighted by molar-refractivity contribution is -0.132. The normalized spacial score (nSPS) is 14.2. The summed E-state index contributed by atoms with van der Waals surface area (Å²) in [6.07, 6.45) is 0.809. The Hall–Kier alpha value is -3.02. The Morgan fingerprint density at radius 1 is 1.22 bits per heavy atom. The third-order valence-electron chi connectivity index (χ3n) is 4.46. The number of hydrogen-bond acceptors (Lipinski definition) is 4. The molecule has 1 aliphatic rings. The van der Waals surface area contributed by atoms with Gasteiger partial charge in [0.2, 0.25) is 5.91 Å². The number of hydrogen-bond donors (Lipinski definition) is 1.